The first-order valence-electron chi connectivity index (χ1n) is 8.44. The Hall–Kier alpha value is -2.33. The van der Waals surface area contributed by atoms with E-state index < -0.39 is 0 Å². The quantitative estimate of drug-likeness (QED) is 0.428. The molecule has 0 saturated carbocycles. The van der Waals surface area contributed by atoms with Crippen molar-refractivity contribution in [2.45, 2.75) is 32.2 Å². The first kappa shape index (κ1) is 16.2. The molecule has 0 amide bonds. The lowest BCUT2D eigenvalue weighted by molar-refractivity contribution is -0.384. The van der Waals surface area contributed by atoms with Gasteiger partial charge in [-0.1, -0.05) is 35.9 Å². The van der Waals surface area contributed by atoms with Crippen LogP contribution in [0.2, 0.25) is 5.02 Å². The van der Waals surface area contributed by atoms with Crippen molar-refractivity contribution in [2.24, 2.45) is 5.92 Å². The van der Waals surface area contributed by atoms with Gasteiger partial charge in [-0.15, -0.1) is 0 Å². The highest BCUT2D eigenvalue weighted by atomic mass is 35.5. The van der Waals surface area contributed by atoms with Gasteiger partial charge in [-0.05, 0) is 60.6 Å². The van der Waals surface area contributed by atoms with Crippen LogP contribution in [-0.2, 0) is 0 Å². The van der Waals surface area contributed by atoms with Crippen molar-refractivity contribution < 1.29 is 4.92 Å². The van der Waals surface area contributed by atoms with Gasteiger partial charge >= 0.3 is 0 Å². The number of hydrogen-bond donors (Lipinski definition) is 1. The number of fused-ring (bicyclic) bond motifs is 3. The maximum atomic E-state index is 11.7. The van der Waals surface area contributed by atoms with Crippen LogP contribution in [0.3, 0.4) is 0 Å². The Morgan fingerprint density at radius 3 is 2.80 bits per heavy atom. The molecule has 2 aromatic rings. The van der Waals surface area contributed by atoms with Crippen LogP contribution in [0.5, 0.6) is 0 Å². The molecule has 0 bridgehead atoms. The summed E-state index contributed by atoms with van der Waals surface area (Å²) in [5, 5.41) is 15.8. The summed E-state index contributed by atoms with van der Waals surface area (Å²) in [6.45, 7) is 4.00. The molecule has 5 heteroatoms. The number of halogens is 1. The molecule has 0 aromatic heterocycles. The van der Waals surface area contributed by atoms with Crippen molar-refractivity contribution >= 4 is 23.0 Å². The normalized spacial score (nSPS) is 23.7. The van der Waals surface area contributed by atoms with Gasteiger partial charge in [0.05, 0.1) is 11.0 Å². The molecule has 3 atom stereocenters. The molecule has 4 rings (SSSR count). The number of rotatable bonds is 2. The summed E-state index contributed by atoms with van der Waals surface area (Å²) in [6.07, 6.45) is 5.35. The number of benzene rings is 2. The summed E-state index contributed by atoms with van der Waals surface area (Å²) >= 11 is 6.18. The first-order chi connectivity index (χ1) is 12.0. The zero-order chi connectivity index (χ0) is 17.7. The molecule has 0 spiro atoms. The standard InChI is InChI=1S/C20H19ClN2O2/c1-11-9-17(23(24)25)20-18(12(11)2)15-7-4-8-16(15)19(22-20)13-5-3-6-14(21)10-13/h3-7,9-10,15-16,19,22H,8H2,1-2H3/t15-,16+,19-/m1/s1. The lowest BCUT2D eigenvalue weighted by Crippen LogP contribution is -2.30. The zero-order valence-corrected chi connectivity index (χ0v) is 14.9. The molecule has 4 nitrogen and oxygen atoms in total. The molecule has 0 unspecified atom stereocenters. The number of anilines is 1. The monoisotopic (exact) mass is 354 g/mol. The van der Waals surface area contributed by atoms with E-state index in [0.29, 0.717) is 16.6 Å². The molecule has 128 valence electrons. The molecular formula is C20H19ClN2O2. The van der Waals surface area contributed by atoms with E-state index in [1.807, 2.05) is 31.2 Å². The predicted molar refractivity (Wildman–Crippen MR) is 100 cm³/mol. The minimum Gasteiger partial charge on any atom is -0.372 e. The van der Waals surface area contributed by atoms with E-state index in [4.69, 9.17) is 11.6 Å². The lowest BCUT2D eigenvalue weighted by Gasteiger charge is -2.38. The number of allylic oxidation sites excluding steroid dienone is 2. The minimum absolute atomic E-state index is 0.00649. The van der Waals surface area contributed by atoms with Crippen LogP contribution in [-0.4, -0.2) is 4.92 Å². The van der Waals surface area contributed by atoms with E-state index in [1.165, 1.54) is 0 Å². The molecule has 0 saturated heterocycles. The third-order valence-corrected chi connectivity index (χ3v) is 5.79. The van der Waals surface area contributed by atoms with Crippen molar-refractivity contribution in [3.8, 4) is 0 Å². The highest BCUT2D eigenvalue weighted by Gasteiger charge is 2.41. The number of nitrogens with zero attached hydrogens (tertiary/aromatic N) is 1. The molecule has 2 aliphatic rings. The molecule has 1 heterocycles. The minimum atomic E-state index is -0.285. The van der Waals surface area contributed by atoms with Gasteiger partial charge in [0.15, 0.2) is 0 Å². The predicted octanol–water partition coefficient (Wildman–Crippen LogP) is 5.69. The van der Waals surface area contributed by atoms with Gasteiger partial charge < -0.3 is 5.32 Å². The Morgan fingerprint density at radius 1 is 1.28 bits per heavy atom. The van der Waals surface area contributed by atoms with E-state index in [9.17, 15) is 10.1 Å². The fraction of sp³-hybridized carbons (Fsp3) is 0.300. The van der Waals surface area contributed by atoms with E-state index in [1.54, 1.807) is 6.07 Å². The number of nitro benzene ring substituents is 1. The van der Waals surface area contributed by atoms with E-state index in [-0.39, 0.29) is 22.6 Å². The maximum Gasteiger partial charge on any atom is 0.292 e. The van der Waals surface area contributed by atoms with Crippen LogP contribution in [0.1, 0.15) is 40.6 Å². The van der Waals surface area contributed by atoms with Crippen molar-refractivity contribution in [1.29, 1.82) is 0 Å². The summed E-state index contributed by atoms with van der Waals surface area (Å²) in [4.78, 5) is 11.4. The average molecular weight is 355 g/mol. The highest BCUT2D eigenvalue weighted by molar-refractivity contribution is 6.30. The number of hydrogen-bond acceptors (Lipinski definition) is 3. The summed E-state index contributed by atoms with van der Waals surface area (Å²) in [5.74, 6) is 0.532. The Labute approximate surface area is 151 Å². The molecule has 1 N–H and O–H groups in total. The lowest BCUT2D eigenvalue weighted by atomic mass is 9.74. The van der Waals surface area contributed by atoms with Crippen LogP contribution >= 0.6 is 11.6 Å². The fourth-order valence-electron chi connectivity index (χ4n) is 4.25. The molecule has 1 aliphatic heterocycles. The van der Waals surface area contributed by atoms with Crippen molar-refractivity contribution in [3.05, 3.63) is 79.9 Å². The molecule has 25 heavy (non-hydrogen) atoms. The molecular weight excluding hydrogens is 336 g/mol. The summed E-state index contributed by atoms with van der Waals surface area (Å²) in [5.41, 5.74) is 5.06. The number of nitro groups is 1. The van der Waals surface area contributed by atoms with Crippen LogP contribution in [0.25, 0.3) is 0 Å². The maximum absolute atomic E-state index is 11.7. The van der Waals surface area contributed by atoms with Crippen molar-refractivity contribution in [3.63, 3.8) is 0 Å². The summed E-state index contributed by atoms with van der Waals surface area (Å²) in [6, 6.07) is 9.45. The molecule has 1 aliphatic carbocycles. The van der Waals surface area contributed by atoms with Gasteiger partial charge in [0, 0.05) is 17.0 Å². The van der Waals surface area contributed by atoms with E-state index in [2.05, 4.69) is 24.4 Å². The van der Waals surface area contributed by atoms with Gasteiger partial charge in [0.1, 0.15) is 5.69 Å². The smallest absolute Gasteiger partial charge is 0.292 e. The van der Waals surface area contributed by atoms with E-state index >= 15 is 0 Å². The third-order valence-electron chi connectivity index (χ3n) is 5.55. The van der Waals surface area contributed by atoms with E-state index in [0.717, 1.165) is 28.7 Å². The Morgan fingerprint density at radius 2 is 2.08 bits per heavy atom. The van der Waals surface area contributed by atoms with Gasteiger partial charge in [-0.2, -0.15) is 0 Å². The second kappa shape index (κ2) is 5.88. The number of nitrogens with one attached hydrogen (secondary N) is 1. The Bertz CT molecular complexity index is 907. The summed E-state index contributed by atoms with van der Waals surface area (Å²) in [7, 11) is 0. The SMILES string of the molecule is Cc1cc([N+](=O)[O-])c2c(c1C)[C@@H]1C=CC[C@@H]1[C@@H](c1cccc(Cl)c1)N2. The van der Waals surface area contributed by atoms with Gasteiger partial charge in [0.25, 0.3) is 5.69 Å². The number of aryl methyl sites for hydroxylation is 1. The van der Waals surface area contributed by atoms with Crippen LogP contribution in [0.4, 0.5) is 11.4 Å². The Kier molecular flexibility index (Phi) is 3.80. The van der Waals surface area contributed by atoms with Crippen LogP contribution in [0.15, 0.2) is 42.5 Å². The van der Waals surface area contributed by atoms with Crippen molar-refractivity contribution in [1.82, 2.24) is 0 Å². The first-order valence-corrected chi connectivity index (χ1v) is 8.82. The molecule has 2 aromatic carbocycles. The largest absolute Gasteiger partial charge is 0.372 e. The van der Waals surface area contributed by atoms with Gasteiger partial charge in [0.2, 0.25) is 0 Å². The summed E-state index contributed by atoms with van der Waals surface area (Å²) < 4.78 is 0. The second-order valence-electron chi connectivity index (χ2n) is 6.91. The third kappa shape index (κ3) is 2.52. The Balaban J connectivity index is 1.92. The zero-order valence-electron chi connectivity index (χ0n) is 14.1. The second-order valence-corrected chi connectivity index (χ2v) is 7.35. The molecule has 0 radical (unpaired) electrons. The highest BCUT2D eigenvalue weighted by Crippen LogP contribution is 2.53. The van der Waals surface area contributed by atoms with Crippen molar-refractivity contribution in [2.75, 3.05) is 5.32 Å². The van der Waals surface area contributed by atoms with Gasteiger partial charge in [-0.25, -0.2) is 0 Å². The van der Waals surface area contributed by atoms with Gasteiger partial charge in [-0.3, -0.25) is 10.1 Å². The average Bonchev–Trinajstić information content (AvgIpc) is 3.06. The van der Waals surface area contributed by atoms with Crippen LogP contribution < -0.4 is 5.32 Å². The molecule has 0 fully saturated rings. The topological polar surface area (TPSA) is 55.2 Å². The van der Waals surface area contributed by atoms with Crippen LogP contribution in [0, 0.1) is 29.9 Å². The fourth-order valence-corrected chi connectivity index (χ4v) is 4.45.